The Kier molecular flexibility index (Phi) is 8.16. The molecular formula is C26H28N2O12. The number of carbonyl (C=O) groups is 2. The van der Waals surface area contributed by atoms with E-state index in [2.05, 4.69) is 0 Å². The molecule has 40 heavy (non-hydrogen) atoms. The summed E-state index contributed by atoms with van der Waals surface area (Å²) in [6.07, 6.45) is -4.35. The smallest absolute Gasteiger partial charge is 0.338 e. The normalized spacial score (nSPS) is 22.7. The van der Waals surface area contributed by atoms with Gasteiger partial charge in [0.25, 0.3) is 11.4 Å². The largest absolute Gasteiger partial charge is 0.452 e. The van der Waals surface area contributed by atoms with Gasteiger partial charge in [-0.15, -0.1) is 0 Å². The zero-order valence-corrected chi connectivity index (χ0v) is 22.1. The summed E-state index contributed by atoms with van der Waals surface area (Å²) in [5, 5.41) is 22.0. The average molecular weight is 561 g/mol. The highest BCUT2D eigenvalue weighted by Gasteiger charge is 2.50. The van der Waals surface area contributed by atoms with Crippen LogP contribution in [0.2, 0.25) is 0 Å². The lowest BCUT2D eigenvalue weighted by atomic mass is 10.0. The SMILES string of the molecule is CC1(C)OCC(C(OC(=O)c2ccc([N+](=O)[O-])cc2)C(OC(=O)c2ccc([N+](=O)[O-])cc2)C2COC(C)(C)O2)O1. The highest BCUT2D eigenvalue weighted by atomic mass is 16.8. The monoisotopic (exact) mass is 560 g/mol. The summed E-state index contributed by atoms with van der Waals surface area (Å²) in [6.45, 7) is 6.62. The van der Waals surface area contributed by atoms with Gasteiger partial charge in [-0.1, -0.05) is 0 Å². The van der Waals surface area contributed by atoms with E-state index in [9.17, 15) is 29.8 Å². The molecule has 0 N–H and O–H groups in total. The second kappa shape index (κ2) is 11.3. The number of ether oxygens (including phenoxy) is 6. The van der Waals surface area contributed by atoms with Gasteiger partial charge in [0.05, 0.1) is 34.2 Å². The Morgan fingerprint density at radius 3 is 1.30 bits per heavy atom. The fourth-order valence-electron chi connectivity index (χ4n) is 4.29. The first-order chi connectivity index (χ1) is 18.7. The zero-order valence-electron chi connectivity index (χ0n) is 22.1. The molecule has 0 amide bonds. The molecule has 2 fully saturated rings. The maximum Gasteiger partial charge on any atom is 0.338 e. The molecule has 2 aliphatic rings. The number of nitro benzene ring substituents is 2. The van der Waals surface area contributed by atoms with E-state index in [1.165, 1.54) is 24.3 Å². The Balaban J connectivity index is 1.66. The second-order valence-corrected chi connectivity index (χ2v) is 10.1. The Hall–Kier alpha value is -3.98. The van der Waals surface area contributed by atoms with Gasteiger partial charge < -0.3 is 28.4 Å². The number of nitro groups is 2. The van der Waals surface area contributed by atoms with Crippen LogP contribution in [-0.4, -0.2) is 71.0 Å². The summed E-state index contributed by atoms with van der Waals surface area (Å²) >= 11 is 0. The average Bonchev–Trinajstić information content (AvgIpc) is 3.46. The maximum absolute atomic E-state index is 13.2. The van der Waals surface area contributed by atoms with Crippen molar-refractivity contribution in [2.24, 2.45) is 0 Å². The molecule has 4 rings (SSSR count). The summed E-state index contributed by atoms with van der Waals surface area (Å²) in [7, 11) is 0. The third-order valence-electron chi connectivity index (χ3n) is 6.23. The van der Waals surface area contributed by atoms with Gasteiger partial charge in [0.2, 0.25) is 0 Å². The summed E-state index contributed by atoms with van der Waals surface area (Å²) < 4.78 is 34.9. The molecule has 0 aromatic heterocycles. The topological polar surface area (TPSA) is 176 Å². The second-order valence-electron chi connectivity index (χ2n) is 10.1. The zero-order chi connectivity index (χ0) is 29.2. The molecule has 0 bridgehead atoms. The van der Waals surface area contributed by atoms with E-state index in [-0.39, 0.29) is 35.7 Å². The Morgan fingerprint density at radius 2 is 1.05 bits per heavy atom. The van der Waals surface area contributed by atoms with Crippen LogP contribution in [0.4, 0.5) is 11.4 Å². The van der Waals surface area contributed by atoms with E-state index in [4.69, 9.17) is 28.4 Å². The Morgan fingerprint density at radius 1 is 0.725 bits per heavy atom. The van der Waals surface area contributed by atoms with E-state index in [0.29, 0.717) is 0 Å². The number of hydrogen-bond acceptors (Lipinski definition) is 12. The molecule has 0 aliphatic carbocycles. The van der Waals surface area contributed by atoms with Crippen LogP contribution >= 0.6 is 0 Å². The number of nitrogens with zero attached hydrogens (tertiary/aromatic N) is 2. The van der Waals surface area contributed by atoms with Crippen molar-refractivity contribution in [3.63, 3.8) is 0 Å². The van der Waals surface area contributed by atoms with Gasteiger partial charge in [0.1, 0.15) is 12.2 Å². The van der Waals surface area contributed by atoms with Crippen molar-refractivity contribution in [2.75, 3.05) is 13.2 Å². The molecule has 0 spiro atoms. The van der Waals surface area contributed by atoms with Crippen LogP contribution in [0, 0.1) is 20.2 Å². The molecule has 2 heterocycles. The van der Waals surface area contributed by atoms with Gasteiger partial charge in [-0.05, 0) is 52.0 Å². The third kappa shape index (κ3) is 6.77. The highest BCUT2D eigenvalue weighted by molar-refractivity contribution is 5.90. The first-order valence-electron chi connectivity index (χ1n) is 12.3. The highest BCUT2D eigenvalue weighted by Crippen LogP contribution is 2.33. The third-order valence-corrected chi connectivity index (χ3v) is 6.23. The number of carbonyl (C=O) groups excluding carboxylic acids is 2. The molecule has 4 atom stereocenters. The minimum atomic E-state index is -1.27. The van der Waals surface area contributed by atoms with Gasteiger partial charge in [0, 0.05) is 24.3 Å². The number of benzene rings is 2. The summed E-state index contributed by atoms with van der Waals surface area (Å²) in [6, 6.07) is 9.60. The van der Waals surface area contributed by atoms with Crippen molar-refractivity contribution in [1.82, 2.24) is 0 Å². The van der Waals surface area contributed by atoms with Crippen LogP contribution in [0.25, 0.3) is 0 Å². The van der Waals surface area contributed by atoms with Crippen molar-refractivity contribution < 1.29 is 47.9 Å². The minimum absolute atomic E-state index is 0.0122. The van der Waals surface area contributed by atoms with Crippen molar-refractivity contribution in [1.29, 1.82) is 0 Å². The molecular weight excluding hydrogens is 532 g/mol. The predicted octanol–water partition coefficient (Wildman–Crippen LogP) is 3.56. The van der Waals surface area contributed by atoms with Gasteiger partial charge >= 0.3 is 11.9 Å². The molecule has 0 radical (unpaired) electrons. The molecule has 2 saturated heterocycles. The van der Waals surface area contributed by atoms with Crippen molar-refractivity contribution in [3.8, 4) is 0 Å². The fourth-order valence-corrected chi connectivity index (χ4v) is 4.29. The molecule has 2 aromatic carbocycles. The standard InChI is InChI=1S/C26H28N2O12/c1-25(2)35-13-19(39-25)21(37-23(29)15-5-9-17(10-6-15)27(31)32)22(20-14-36-26(3,4)40-20)38-24(30)16-7-11-18(12-8-16)28(33)34/h5-12,19-22H,13-14H2,1-4H3. The molecule has 14 nitrogen and oxygen atoms in total. The fraction of sp³-hybridized carbons (Fsp3) is 0.462. The number of hydrogen-bond donors (Lipinski definition) is 0. The van der Waals surface area contributed by atoms with Gasteiger partial charge in [-0.3, -0.25) is 20.2 Å². The van der Waals surface area contributed by atoms with E-state index in [1.54, 1.807) is 27.7 Å². The van der Waals surface area contributed by atoms with E-state index < -0.39 is 57.8 Å². The molecule has 14 heteroatoms. The summed E-state index contributed by atoms with van der Waals surface area (Å²) in [5.74, 6) is -3.80. The van der Waals surface area contributed by atoms with Gasteiger partial charge in [-0.2, -0.15) is 0 Å². The van der Waals surface area contributed by atoms with Crippen molar-refractivity contribution in [2.45, 2.75) is 63.7 Å². The lowest BCUT2D eigenvalue weighted by Gasteiger charge is -2.33. The van der Waals surface area contributed by atoms with Gasteiger partial charge in [0.15, 0.2) is 23.8 Å². The molecule has 2 aromatic rings. The van der Waals surface area contributed by atoms with Crippen LogP contribution < -0.4 is 0 Å². The minimum Gasteiger partial charge on any atom is -0.452 e. The van der Waals surface area contributed by atoms with E-state index in [1.807, 2.05) is 0 Å². The van der Waals surface area contributed by atoms with Crippen LogP contribution in [0.3, 0.4) is 0 Å². The molecule has 2 aliphatic heterocycles. The summed E-state index contributed by atoms with van der Waals surface area (Å²) in [4.78, 5) is 47.2. The molecule has 0 saturated carbocycles. The predicted molar refractivity (Wildman–Crippen MR) is 134 cm³/mol. The van der Waals surface area contributed by atoms with Crippen LogP contribution in [0.15, 0.2) is 48.5 Å². The maximum atomic E-state index is 13.2. The van der Waals surface area contributed by atoms with Crippen molar-refractivity contribution in [3.05, 3.63) is 79.9 Å². The van der Waals surface area contributed by atoms with Gasteiger partial charge in [-0.25, -0.2) is 9.59 Å². The van der Waals surface area contributed by atoms with Crippen LogP contribution in [0.5, 0.6) is 0 Å². The number of non-ortho nitro benzene ring substituents is 2. The first-order valence-corrected chi connectivity index (χ1v) is 12.3. The Bertz CT molecular complexity index is 1180. The van der Waals surface area contributed by atoms with Crippen LogP contribution in [-0.2, 0) is 28.4 Å². The van der Waals surface area contributed by atoms with Crippen LogP contribution in [0.1, 0.15) is 48.4 Å². The lowest BCUT2D eigenvalue weighted by molar-refractivity contribution is -0.385. The van der Waals surface area contributed by atoms with Crippen molar-refractivity contribution >= 4 is 23.3 Å². The molecule has 214 valence electrons. The van der Waals surface area contributed by atoms with E-state index in [0.717, 1.165) is 24.3 Å². The Labute approximate surface area is 228 Å². The quantitative estimate of drug-likeness (QED) is 0.248. The van der Waals surface area contributed by atoms with E-state index >= 15 is 0 Å². The lowest BCUT2D eigenvalue weighted by Crippen LogP contribution is -2.51. The molecule has 4 unspecified atom stereocenters. The number of esters is 2. The summed E-state index contributed by atoms with van der Waals surface area (Å²) in [5.41, 5.74) is -0.400. The first kappa shape index (κ1) is 29.0. The number of rotatable bonds is 9.